The fourth-order valence-electron chi connectivity index (χ4n) is 2.00. The van der Waals surface area contributed by atoms with E-state index in [1.54, 1.807) is 19.1 Å². The van der Waals surface area contributed by atoms with Gasteiger partial charge in [0.05, 0.1) is 24.2 Å². The standard InChI is InChI=1S/C12H12BrN3O2/c1-15-10(6-16(7-14)12(15)17)8-3-4-11(18-2)9(13)5-8/h3-5,10H,6H2,1-2H3. The highest BCUT2D eigenvalue weighted by Gasteiger charge is 2.35. The van der Waals surface area contributed by atoms with Crippen molar-refractivity contribution in [2.24, 2.45) is 0 Å². The molecular weight excluding hydrogens is 298 g/mol. The van der Waals surface area contributed by atoms with Gasteiger partial charge < -0.3 is 9.64 Å². The number of nitriles is 1. The van der Waals surface area contributed by atoms with Gasteiger partial charge in [0.1, 0.15) is 5.75 Å². The molecule has 1 aliphatic heterocycles. The van der Waals surface area contributed by atoms with Crippen molar-refractivity contribution in [1.29, 1.82) is 5.26 Å². The summed E-state index contributed by atoms with van der Waals surface area (Å²) in [6.07, 6.45) is 1.89. The zero-order valence-electron chi connectivity index (χ0n) is 10.1. The Morgan fingerprint density at radius 3 is 2.78 bits per heavy atom. The van der Waals surface area contributed by atoms with Gasteiger partial charge in [-0.25, -0.2) is 9.69 Å². The molecule has 94 valence electrons. The van der Waals surface area contributed by atoms with Crippen molar-refractivity contribution in [3.05, 3.63) is 28.2 Å². The predicted molar refractivity (Wildman–Crippen MR) is 68.9 cm³/mol. The molecule has 1 saturated heterocycles. The van der Waals surface area contributed by atoms with Crippen LogP contribution in [0.25, 0.3) is 0 Å². The van der Waals surface area contributed by atoms with Crippen molar-refractivity contribution in [2.45, 2.75) is 6.04 Å². The summed E-state index contributed by atoms with van der Waals surface area (Å²) >= 11 is 3.41. The van der Waals surface area contributed by atoms with Crippen LogP contribution in [0, 0.1) is 11.5 Å². The number of benzene rings is 1. The average molecular weight is 310 g/mol. The van der Waals surface area contributed by atoms with E-state index in [9.17, 15) is 4.79 Å². The van der Waals surface area contributed by atoms with Crippen LogP contribution in [0.1, 0.15) is 11.6 Å². The molecule has 18 heavy (non-hydrogen) atoms. The van der Waals surface area contributed by atoms with Crippen LogP contribution in [0.15, 0.2) is 22.7 Å². The first kappa shape index (κ1) is 12.7. The highest BCUT2D eigenvalue weighted by atomic mass is 79.9. The quantitative estimate of drug-likeness (QED) is 0.788. The molecule has 1 heterocycles. The van der Waals surface area contributed by atoms with Crippen molar-refractivity contribution in [1.82, 2.24) is 9.80 Å². The summed E-state index contributed by atoms with van der Waals surface area (Å²) in [5, 5.41) is 8.85. The molecule has 0 aliphatic carbocycles. The molecule has 1 aliphatic rings. The topological polar surface area (TPSA) is 56.6 Å². The Hall–Kier alpha value is -1.74. The van der Waals surface area contributed by atoms with Gasteiger partial charge in [-0.3, -0.25) is 0 Å². The molecular formula is C12H12BrN3O2. The van der Waals surface area contributed by atoms with Crippen LogP contribution in [0.4, 0.5) is 4.79 Å². The van der Waals surface area contributed by atoms with Crippen molar-refractivity contribution in [3.63, 3.8) is 0 Å². The summed E-state index contributed by atoms with van der Waals surface area (Å²) in [5.41, 5.74) is 0.969. The Morgan fingerprint density at radius 1 is 1.56 bits per heavy atom. The fourth-order valence-corrected chi connectivity index (χ4v) is 2.56. The second-order valence-corrected chi connectivity index (χ2v) is 4.87. The first-order chi connectivity index (χ1) is 8.58. The number of hydrogen-bond donors (Lipinski definition) is 0. The number of urea groups is 1. The van der Waals surface area contributed by atoms with E-state index in [4.69, 9.17) is 10.00 Å². The second kappa shape index (κ2) is 4.86. The molecule has 0 spiro atoms. The molecule has 1 aromatic rings. The number of rotatable bonds is 2. The normalized spacial score (nSPS) is 19.0. The summed E-state index contributed by atoms with van der Waals surface area (Å²) in [6, 6.07) is 5.27. The molecule has 6 heteroatoms. The molecule has 0 saturated carbocycles. The number of likely N-dealkylation sites (N-methyl/N-ethyl adjacent to an activating group) is 1. The number of ether oxygens (including phenoxy) is 1. The van der Waals surface area contributed by atoms with Crippen LogP contribution in [0.5, 0.6) is 5.75 Å². The third-order valence-corrected chi connectivity index (χ3v) is 3.66. The molecule has 2 rings (SSSR count). The van der Waals surface area contributed by atoms with Gasteiger partial charge in [-0.2, -0.15) is 5.26 Å². The molecule has 2 amide bonds. The number of carbonyl (C=O) groups excluding carboxylic acids is 1. The summed E-state index contributed by atoms with van der Waals surface area (Å²) in [7, 11) is 3.30. The monoisotopic (exact) mass is 309 g/mol. The Balaban J connectivity index is 2.31. The zero-order chi connectivity index (χ0) is 13.3. The van der Waals surface area contributed by atoms with Crippen molar-refractivity contribution in [3.8, 4) is 11.9 Å². The van der Waals surface area contributed by atoms with Gasteiger partial charge >= 0.3 is 6.03 Å². The minimum Gasteiger partial charge on any atom is -0.496 e. The maximum Gasteiger partial charge on any atom is 0.333 e. The van der Waals surface area contributed by atoms with Crippen molar-refractivity contribution >= 4 is 22.0 Å². The van der Waals surface area contributed by atoms with Crippen molar-refractivity contribution in [2.75, 3.05) is 20.7 Å². The molecule has 0 aromatic heterocycles. The minimum atomic E-state index is -0.269. The summed E-state index contributed by atoms with van der Waals surface area (Å²) < 4.78 is 5.99. The maximum atomic E-state index is 11.7. The van der Waals surface area contributed by atoms with E-state index < -0.39 is 0 Å². The zero-order valence-corrected chi connectivity index (χ0v) is 11.6. The first-order valence-corrected chi connectivity index (χ1v) is 6.15. The molecule has 1 atom stereocenters. The van der Waals surface area contributed by atoms with Gasteiger partial charge in [0.25, 0.3) is 0 Å². The highest BCUT2D eigenvalue weighted by Crippen LogP contribution is 2.33. The first-order valence-electron chi connectivity index (χ1n) is 5.36. The van der Waals surface area contributed by atoms with E-state index in [-0.39, 0.29) is 12.1 Å². The lowest BCUT2D eigenvalue weighted by Gasteiger charge is -2.18. The molecule has 0 bridgehead atoms. The van der Waals surface area contributed by atoms with Crippen molar-refractivity contribution < 1.29 is 9.53 Å². The number of halogens is 1. The molecule has 0 N–H and O–H groups in total. The van der Waals surface area contributed by atoms with Gasteiger partial charge in [-0.05, 0) is 33.6 Å². The summed E-state index contributed by atoms with van der Waals surface area (Å²) in [5.74, 6) is 0.739. The minimum absolute atomic E-state index is 0.112. The number of hydrogen-bond acceptors (Lipinski definition) is 3. The van der Waals surface area contributed by atoms with Crippen LogP contribution in [0.3, 0.4) is 0 Å². The number of carbonyl (C=O) groups is 1. The van der Waals surface area contributed by atoms with E-state index in [2.05, 4.69) is 15.9 Å². The van der Waals surface area contributed by atoms with E-state index in [0.29, 0.717) is 6.54 Å². The second-order valence-electron chi connectivity index (χ2n) is 4.01. The van der Waals surface area contributed by atoms with Gasteiger partial charge in [0.15, 0.2) is 6.19 Å². The Bertz CT molecular complexity index is 527. The SMILES string of the molecule is COc1ccc(C2CN(C#N)C(=O)N2C)cc1Br. The average Bonchev–Trinajstić information content (AvgIpc) is 2.66. The Labute approximate surface area is 114 Å². The third kappa shape index (κ3) is 2.02. The van der Waals surface area contributed by atoms with Crippen LogP contribution in [-0.2, 0) is 0 Å². The van der Waals surface area contributed by atoms with Crippen LogP contribution >= 0.6 is 15.9 Å². The van der Waals surface area contributed by atoms with Gasteiger partial charge in [0.2, 0.25) is 0 Å². The summed E-state index contributed by atoms with van der Waals surface area (Å²) in [4.78, 5) is 14.4. The lowest BCUT2D eigenvalue weighted by molar-refractivity contribution is 0.205. The Morgan fingerprint density at radius 2 is 2.28 bits per heavy atom. The molecule has 1 aromatic carbocycles. The molecule has 5 nitrogen and oxygen atoms in total. The lowest BCUT2D eigenvalue weighted by atomic mass is 10.1. The fraction of sp³-hybridized carbons (Fsp3) is 0.333. The van der Waals surface area contributed by atoms with Gasteiger partial charge in [-0.15, -0.1) is 0 Å². The maximum absolute atomic E-state index is 11.7. The van der Waals surface area contributed by atoms with E-state index in [1.165, 1.54) is 0 Å². The molecule has 1 fully saturated rings. The highest BCUT2D eigenvalue weighted by molar-refractivity contribution is 9.10. The van der Waals surface area contributed by atoms with E-state index >= 15 is 0 Å². The smallest absolute Gasteiger partial charge is 0.333 e. The lowest BCUT2D eigenvalue weighted by Crippen LogP contribution is -2.26. The van der Waals surface area contributed by atoms with Crippen LogP contribution in [-0.4, -0.2) is 36.5 Å². The van der Waals surface area contributed by atoms with Crippen LogP contribution < -0.4 is 4.74 Å². The predicted octanol–water partition coefficient (Wildman–Crippen LogP) is 2.35. The Kier molecular flexibility index (Phi) is 3.43. The van der Waals surface area contributed by atoms with Gasteiger partial charge in [-0.1, -0.05) is 6.07 Å². The largest absolute Gasteiger partial charge is 0.496 e. The number of nitrogens with zero attached hydrogens (tertiary/aromatic N) is 3. The number of amides is 2. The molecule has 1 unspecified atom stereocenters. The summed E-state index contributed by atoms with van der Waals surface area (Å²) in [6.45, 7) is 0.380. The van der Waals surface area contributed by atoms with E-state index in [0.717, 1.165) is 20.7 Å². The van der Waals surface area contributed by atoms with Gasteiger partial charge in [0, 0.05) is 7.05 Å². The third-order valence-electron chi connectivity index (χ3n) is 3.04. The van der Waals surface area contributed by atoms with Crippen LogP contribution in [0.2, 0.25) is 0 Å². The van der Waals surface area contributed by atoms with E-state index in [1.807, 2.05) is 24.4 Å². The molecule has 0 radical (unpaired) electrons. The number of methoxy groups -OCH3 is 1.